The molecular weight excluding hydrogens is 292 g/mol. The van der Waals surface area contributed by atoms with E-state index in [-0.39, 0.29) is 10.5 Å². The largest absolute Gasteiger partial charge is 0.313 e. The van der Waals surface area contributed by atoms with Crippen LogP contribution in [0.1, 0.15) is 24.7 Å². The number of sulfonamides is 1. The standard InChI is InChI=1S/C13H18N4O3S/c1-4-7-17-8-11(5-6-12(17)18)16-21(19,20)13-9(2)14-15-10(13)3/h5-6,8,16H,4,7H2,1-3H3,(H,14,15). The first-order valence-corrected chi connectivity index (χ1v) is 8.08. The van der Waals surface area contributed by atoms with Crippen molar-refractivity contribution in [1.82, 2.24) is 14.8 Å². The Morgan fingerprint density at radius 2 is 2.05 bits per heavy atom. The van der Waals surface area contributed by atoms with Crippen molar-refractivity contribution in [2.24, 2.45) is 0 Å². The molecule has 0 bridgehead atoms. The number of aromatic nitrogens is 3. The third-order valence-electron chi connectivity index (χ3n) is 3.03. The van der Waals surface area contributed by atoms with Crippen LogP contribution in [0.15, 0.2) is 28.0 Å². The van der Waals surface area contributed by atoms with Crippen LogP contribution in [0.2, 0.25) is 0 Å². The zero-order chi connectivity index (χ0) is 15.6. The summed E-state index contributed by atoms with van der Waals surface area (Å²) in [5, 5.41) is 6.53. The number of aryl methyl sites for hydroxylation is 3. The number of pyridine rings is 1. The van der Waals surface area contributed by atoms with Crippen LogP contribution in [-0.4, -0.2) is 23.2 Å². The lowest BCUT2D eigenvalue weighted by atomic mass is 10.4. The molecule has 21 heavy (non-hydrogen) atoms. The fourth-order valence-corrected chi connectivity index (χ4v) is 3.57. The first-order valence-electron chi connectivity index (χ1n) is 6.60. The Labute approximate surface area is 123 Å². The van der Waals surface area contributed by atoms with E-state index in [0.717, 1.165) is 6.42 Å². The average molecular weight is 310 g/mol. The van der Waals surface area contributed by atoms with E-state index in [9.17, 15) is 13.2 Å². The van der Waals surface area contributed by atoms with Gasteiger partial charge in [0.1, 0.15) is 4.90 Å². The van der Waals surface area contributed by atoms with Crippen molar-refractivity contribution in [2.75, 3.05) is 4.72 Å². The lowest BCUT2D eigenvalue weighted by Gasteiger charge is -2.10. The number of nitrogens with zero attached hydrogens (tertiary/aromatic N) is 2. The molecule has 0 unspecified atom stereocenters. The van der Waals surface area contributed by atoms with E-state index in [1.54, 1.807) is 13.8 Å². The number of anilines is 1. The third-order valence-corrected chi connectivity index (χ3v) is 4.67. The molecule has 2 heterocycles. The minimum absolute atomic E-state index is 0.135. The van der Waals surface area contributed by atoms with Crippen LogP contribution < -0.4 is 10.3 Å². The molecule has 0 aliphatic heterocycles. The quantitative estimate of drug-likeness (QED) is 0.872. The van der Waals surface area contributed by atoms with E-state index < -0.39 is 10.0 Å². The van der Waals surface area contributed by atoms with E-state index in [4.69, 9.17) is 0 Å². The highest BCUT2D eigenvalue weighted by Crippen LogP contribution is 2.20. The normalized spacial score (nSPS) is 11.6. The molecule has 0 amide bonds. The van der Waals surface area contributed by atoms with Crippen LogP contribution in [0.25, 0.3) is 0 Å². The molecule has 0 fully saturated rings. The van der Waals surface area contributed by atoms with Gasteiger partial charge in [0.15, 0.2) is 0 Å². The van der Waals surface area contributed by atoms with Crippen LogP contribution in [0.5, 0.6) is 0 Å². The zero-order valence-electron chi connectivity index (χ0n) is 12.2. The maximum absolute atomic E-state index is 12.4. The molecule has 7 nitrogen and oxygen atoms in total. The Hall–Kier alpha value is -2.09. The van der Waals surface area contributed by atoms with Gasteiger partial charge in [-0.25, -0.2) is 8.42 Å². The smallest absolute Gasteiger partial charge is 0.265 e. The van der Waals surface area contributed by atoms with E-state index in [1.807, 2.05) is 6.92 Å². The van der Waals surface area contributed by atoms with Crippen molar-refractivity contribution in [2.45, 2.75) is 38.6 Å². The van der Waals surface area contributed by atoms with Crippen LogP contribution in [0, 0.1) is 13.8 Å². The van der Waals surface area contributed by atoms with Gasteiger partial charge in [0, 0.05) is 18.8 Å². The topological polar surface area (TPSA) is 96.8 Å². The average Bonchev–Trinajstić information content (AvgIpc) is 2.74. The Kier molecular flexibility index (Phi) is 4.17. The molecule has 0 aromatic carbocycles. The van der Waals surface area contributed by atoms with Gasteiger partial charge in [0.05, 0.1) is 17.1 Å². The van der Waals surface area contributed by atoms with Crippen molar-refractivity contribution in [3.8, 4) is 0 Å². The molecule has 0 atom stereocenters. The van der Waals surface area contributed by atoms with Crippen LogP contribution in [-0.2, 0) is 16.6 Å². The summed E-state index contributed by atoms with van der Waals surface area (Å²) in [6, 6.07) is 2.80. The highest BCUT2D eigenvalue weighted by Gasteiger charge is 2.22. The highest BCUT2D eigenvalue weighted by atomic mass is 32.2. The number of rotatable bonds is 5. The van der Waals surface area contributed by atoms with Crippen LogP contribution in [0.4, 0.5) is 5.69 Å². The molecule has 2 aromatic rings. The minimum Gasteiger partial charge on any atom is -0.313 e. The molecule has 0 aliphatic rings. The highest BCUT2D eigenvalue weighted by molar-refractivity contribution is 7.92. The van der Waals surface area contributed by atoms with Crippen molar-refractivity contribution < 1.29 is 8.42 Å². The lowest BCUT2D eigenvalue weighted by molar-refractivity contribution is 0.600. The second-order valence-electron chi connectivity index (χ2n) is 4.82. The van der Waals surface area contributed by atoms with Gasteiger partial charge in [0.25, 0.3) is 15.6 Å². The van der Waals surface area contributed by atoms with Gasteiger partial charge in [-0.05, 0) is 26.3 Å². The van der Waals surface area contributed by atoms with E-state index in [1.165, 1.54) is 22.9 Å². The van der Waals surface area contributed by atoms with E-state index in [2.05, 4.69) is 14.9 Å². The molecule has 8 heteroatoms. The minimum atomic E-state index is -3.74. The second kappa shape index (κ2) is 5.72. The summed E-state index contributed by atoms with van der Waals surface area (Å²) >= 11 is 0. The predicted molar refractivity (Wildman–Crippen MR) is 79.9 cm³/mol. The maximum Gasteiger partial charge on any atom is 0.265 e. The SMILES string of the molecule is CCCn1cc(NS(=O)(=O)c2c(C)n[nH]c2C)ccc1=O. The predicted octanol–water partition coefficient (Wildman–Crippen LogP) is 1.40. The summed E-state index contributed by atoms with van der Waals surface area (Å²) < 4.78 is 28.8. The lowest BCUT2D eigenvalue weighted by Crippen LogP contribution is -2.21. The number of aromatic amines is 1. The van der Waals surface area contributed by atoms with Gasteiger partial charge in [-0.3, -0.25) is 14.6 Å². The molecule has 2 N–H and O–H groups in total. The first kappa shape index (κ1) is 15.3. The molecule has 0 radical (unpaired) electrons. The third kappa shape index (κ3) is 3.15. The van der Waals surface area contributed by atoms with Gasteiger partial charge in [-0.1, -0.05) is 6.92 Å². The summed E-state index contributed by atoms with van der Waals surface area (Å²) in [5.41, 5.74) is 1.07. The first-order chi connectivity index (χ1) is 9.85. The number of hydrogen-bond donors (Lipinski definition) is 2. The summed E-state index contributed by atoms with van der Waals surface area (Å²) in [6.45, 7) is 5.75. The number of H-pyrrole nitrogens is 1. The van der Waals surface area contributed by atoms with Crippen molar-refractivity contribution in [3.63, 3.8) is 0 Å². The molecule has 0 saturated heterocycles. The fraction of sp³-hybridized carbons (Fsp3) is 0.385. The molecule has 0 saturated carbocycles. The van der Waals surface area contributed by atoms with E-state index in [0.29, 0.717) is 23.6 Å². The molecule has 0 aliphatic carbocycles. The van der Waals surface area contributed by atoms with Gasteiger partial charge in [0.2, 0.25) is 0 Å². The van der Waals surface area contributed by atoms with Crippen molar-refractivity contribution in [1.29, 1.82) is 0 Å². The van der Waals surface area contributed by atoms with Crippen LogP contribution >= 0.6 is 0 Å². The zero-order valence-corrected chi connectivity index (χ0v) is 13.0. The van der Waals surface area contributed by atoms with Gasteiger partial charge >= 0.3 is 0 Å². The Bertz CT molecular complexity index is 786. The van der Waals surface area contributed by atoms with E-state index >= 15 is 0 Å². The van der Waals surface area contributed by atoms with Crippen LogP contribution in [0.3, 0.4) is 0 Å². The fourth-order valence-electron chi connectivity index (χ4n) is 2.15. The molecule has 114 valence electrons. The number of hydrogen-bond acceptors (Lipinski definition) is 4. The molecule has 2 rings (SSSR count). The molecule has 0 spiro atoms. The van der Waals surface area contributed by atoms with Gasteiger partial charge in [-0.2, -0.15) is 5.10 Å². The maximum atomic E-state index is 12.4. The van der Waals surface area contributed by atoms with Gasteiger partial charge in [-0.15, -0.1) is 0 Å². The second-order valence-corrected chi connectivity index (χ2v) is 6.44. The Morgan fingerprint density at radius 3 is 2.62 bits per heavy atom. The van der Waals surface area contributed by atoms with Gasteiger partial charge < -0.3 is 4.57 Å². The van der Waals surface area contributed by atoms with Crippen molar-refractivity contribution >= 4 is 15.7 Å². The monoisotopic (exact) mass is 310 g/mol. The molecule has 2 aromatic heterocycles. The summed E-state index contributed by atoms with van der Waals surface area (Å²) in [6.07, 6.45) is 2.30. The van der Waals surface area contributed by atoms with Crippen molar-refractivity contribution in [3.05, 3.63) is 40.1 Å². The number of nitrogens with one attached hydrogen (secondary N) is 2. The Balaban J connectivity index is 2.38. The summed E-state index contributed by atoms with van der Waals surface area (Å²) in [5.74, 6) is 0. The summed E-state index contributed by atoms with van der Waals surface area (Å²) in [7, 11) is -3.74. The Morgan fingerprint density at radius 1 is 1.33 bits per heavy atom. The molecular formula is C13H18N4O3S. The summed E-state index contributed by atoms with van der Waals surface area (Å²) in [4.78, 5) is 11.8.